The SMILES string of the molecule is Cc1nc(-c2sc(Cl)cc2C=O)ncc1O[C@H]1CCC[C@H](C(=O)O)C1. The predicted molar refractivity (Wildman–Crippen MR) is 94.5 cm³/mol. The van der Waals surface area contributed by atoms with Crippen LogP contribution in [0.5, 0.6) is 5.75 Å². The van der Waals surface area contributed by atoms with Crippen molar-refractivity contribution >= 4 is 35.2 Å². The molecule has 2 atom stereocenters. The highest BCUT2D eigenvalue weighted by molar-refractivity contribution is 7.19. The maximum atomic E-state index is 11.2. The molecule has 1 saturated carbocycles. The number of hydrogen-bond acceptors (Lipinski definition) is 6. The molecule has 0 amide bonds. The first kappa shape index (κ1) is 17.8. The van der Waals surface area contributed by atoms with E-state index in [2.05, 4.69) is 9.97 Å². The van der Waals surface area contributed by atoms with Crippen molar-refractivity contribution in [2.75, 3.05) is 0 Å². The molecule has 1 fully saturated rings. The Morgan fingerprint density at radius 3 is 2.96 bits per heavy atom. The fourth-order valence-corrected chi connectivity index (χ4v) is 4.12. The third-order valence-corrected chi connectivity index (χ3v) is 5.54. The minimum Gasteiger partial charge on any atom is -0.487 e. The second-order valence-corrected chi connectivity index (χ2v) is 7.72. The Morgan fingerprint density at radius 2 is 2.28 bits per heavy atom. The third-order valence-electron chi connectivity index (χ3n) is 4.26. The summed E-state index contributed by atoms with van der Waals surface area (Å²) in [7, 11) is 0. The van der Waals surface area contributed by atoms with E-state index in [-0.39, 0.29) is 12.0 Å². The highest BCUT2D eigenvalue weighted by Crippen LogP contribution is 2.34. The highest BCUT2D eigenvalue weighted by atomic mass is 35.5. The summed E-state index contributed by atoms with van der Waals surface area (Å²) in [6, 6.07) is 1.59. The Balaban J connectivity index is 1.78. The van der Waals surface area contributed by atoms with Gasteiger partial charge in [-0.25, -0.2) is 9.97 Å². The molecule has 3 rings (SSSR count). The van der Waals surface area contributed by atoms with Crippen molar-refractivity contribution in [3.63, 3.8) is 0 Å². The van der Waals surface area contributed by atoms with E-state index in [9.17, 15) is 14.7 Å². The van der Waals surface area contributed by atoms with Crippen LogP contribution in [0.25, 0.3) is 10.7 Å². The van der Waals surface area contributed by atoms with Crippen LogP contribution in [0.3, 0.4) is 0 Å². The van der Waals surface area contributed by atoms with Gasteiger partial charge in [-0.05, 0) is 38.7 Å². The summed E-state index contributed by atoms with van der Waals surface area (Å²) in [5, 5.41) is 9.17. The van der Waals surface area contributed by atoms with Gasteiger partial charge in [-0.15, -0.1) is 11.3 Å². The summed E-state index contributed by atoms with van der Waals surface area (Å²) in [6.07, 6.45) is 4.99. The molecule has 1 aliphatic carbocycles. The van der Waals surface area contributed by atoms with Crippen LogP contribution in [-0.4, -0.2) is 33.4 Å². The van der Waals surface area contributed by atoms with Gasteiger partial charge in [0.05, 0.1) is 33.1 Å². The number of aryl methyl sites for hydroxylation is 1. The first-order valence-electron chi connectivity index (χ1n) is 7.96. The zero-order valence-electron chi connectivity index (χ0n) is 13.6. The van der Waals surface area contributed by atoms with E-state index >= 15 is 0 Å². The first-order valence-corrected chi connectivity index (χ1v) is 9.15. The summed E-state index contributed by atoms with van der Waals surface area (Å²) in [6.45, 7) is 1.80. The van der Waals surface area contributed by atoms with E-state index < -0.39 is 5.97 Å². The average Bonchev–Trinajstić information content (AvgIpc) is 2.98. The van der Waals surface area contributed by atoms with Gasteiger partial charge in [0.2, 0.25) is 0 Å². The minimum atomic E-state index is -0.771. The Morgan fingerprint density at radius 1 is 1.48 bits per heavy atom. The van der Waals surface area contributed by atoms with E-state index in [1.54, 1.807) is 19.2 Å². The number of carboxylic acid groups (broad SMARTS) is 1. The van der Waals surface area contributed by atoms with Crippen LogP contribution in [-0.2, 0) is 4.79 Å². The number of aldehydes is 1. The number of carboxylic acids is 1. The van der Waals surface area contributed by atoms with Gasteiger partial charge >= 0.3 is 5.97 Å². The molecule has 1 N–H and O–H groups in total. The van der Waals surface area contributed by atoms with E-state index in [1.165, 1.54) is 11.3 Å². The quantitative estimate of drug-likeness (QED) is 0.788. The largest absolute Gasteiger partial charge is 0.487 e. The maximum absolute atomic E-state index is 11.2. The number of aromatic nitrogens is 2. The Labute approximate surface area is 153 Å². The number of thiophene rings is 1. The van der Waals surface area contributed by atoms with Crippen LogP contribution in [0.15, 0.2) is 12.3 Å². The molecule has 0 aliphatic heterocycles. The second-order valence-electron chi connectivity index (χ2n) is 6.04. The van der Waals surface area contributed by atoms with E-state index in [0.717, 1.165) is 19.1 Å². The molecule has 2 aromatic rings. The minimum absolute atomic E-state index is 0.148. The zero-order valence-corrected chi connectivity index (χ0v) is 15.1. The van der Waals surface area contributed by atoms with Crippen molar-refractivity contribution in [1.29, 1.82) is 0 Å². The average molecular weight is 381 g/mol. The van der Waals surface area contributed by atoms with Crippen molar-refractivity contribution in [2.45, 2.75) is 38.7 Å². The smallest absolute Gasteiger partial charge is 0.306 e. The van der Waals surface area contributed by atoms with Crippen LogP contribution in [0, 0.1) is 12.8 Å². The summed E-state index contributed by atoms with van der Waals surface area (Å²) in [5.74, 6) is -0.166. The molecule has 0 aromatic carbocycles. The van der Waals surface area contributed by atoms with Gasteiger partial charge in [0.1, 0.15) is 0 Å². The Hall–Kier alpha value is -1.99. The molecular weight excluding hydrogens is 364 g/mol. The van der Waals surface area contributed by atoms with Gasteiger partial charge in [0.25, 0.3) is 0 Å². The molecule has 0 bridgehead atoms. The standard InChI is InChI=1S/C17H17ClN2O4S/c1-9-13(24-12-4-2-3-10(5-12)17(22)23)7-19-16(20-9)15-11(8-21)6-14(18)25-15/h6-8,10,12H,2-5H2,1H3,(H,22,23)/t10-,12-/m0/s1. The van der Waals surface area contributed by atoms with E-state index in [0.29, 0.717) is 44.9 Å². The summed E-state index contributed by atoms with van der Waals surface area (Å²) in [5.41, 5.74) is 1.10. The number of carbonyl (C=O) groups excluding carboxylic acids is 1. The molecule has 1 aliphatic rings. The second kappa shape index (κ2) is 7.49. The normalized spacial score (nSPS) is 20.2. The monoisotopic (exact) mass is 380 g/mol. The van der Waals surface area contributed by atoms with E-state index in [1.807, 2.05) is 0 Å². The Kier molecular flexibility index (Phi) is 5.34. The summed E-state index contributed by atoms with van der Waals surface area (Å²) >= 11 is 7.21. The summed E-state index contributed by atoms with van der Waals surface area (Å²) < 4.78 is 6.44. The van der Waals surface area contributed by atoms with Gasteiger partial charge < -0.3 is 9.84 Å². The molecule has 132 valence electrons. The lowest BCUT2D eigenvalue weighted by Gasteiger charge is -2.27. The molecular formula is C17H17ClN2O4S. The predicted octanol–water partition coefficient (Wildman–Crippen LogP) is 4.00. The molecule has 25 heavy (non-hydrogen) atoms. The fourth-order valence-electron chi connectivity index (χ4n) is 2.97. The topological polar surface area (TPSA) is 89.4 Å². The number of rotatable bonds is 5. The Bertz CT molecular complexity index is 808. The van der Waals surface area contributed by atoms with Crippen LogP contribution in [0.4, 0.5) is 0 Å². The molecule has 0 saturated heterocycles. The lowest BCUT2D eigenvalue weighted by atomic mass is 9.87. The van der Waals surface area contributed by atoms with Gasteiger partial charge in [0.15, 0.2) is 17.9 Å². The molecule has 8 heteroatoms. The molecule has 0 unspecified atom stereocenters. The van der Waals surface area contributed by atoms with Crippen molar-refractivity contribution in [2.24, 2.45) is 5.92 Å². The molecule has 0 spiro atoms. The van der Waals surface area contributed by atoms with Gasteiger partial charge in [0, 0.05) is 5.56 Å². The maximum Gasteiger partial charge on any atom is 0.306 e. The number of aliphatic carboxylic acids is 1. The number of hydrogen-bond donors (Lipinski definition) is 1. The fraction of sp³-hybridized carbons (Fsp3) is 0.412. The van der Waals surface area contributed by atoms with Gasteiger partial charge in [-0.3, -0.25) is 9.59 Å². The number of halogens is 1. The summed E-state index contributed by atoms with van der Waals surface area (Å²) in [4.78, 5) is 31.6. The number of nitrogens with zero attached hydrogens (tertiary/aromatic N) is 2. The van der Waals surface area contributed by atoms with Crippen molar-refractivity contribution in [1.82, 2.24) is 9.97 Å². The van der Waals surface area contributed by atoms with Crippen molar-refractivity contribution in [3.8, 4) is 16.5 Å². The van der Waals surface area contributed by atoms with E-state index in [4.69, 9.17) is 16.3 Å². The molecule has 2 heterocycles. The lowest BCUT2D eigenvalue weighted by Crippen LogP contribution is -2.29. The lowest BCUT2D eigenvalue weighted by molar-refractivity contribution is -0.143. The number of carbonyl (C=O) groups is 2. The van der Waals surface area contributed by atoms with Gasteiger partial charge in [-0.2, -0.15) is 0 Å². The van der Waals surface area contributed by atoms with Crippen LogP contribution >= 0.6 is 22.9 Å². The first-order chi connectivity index (χ1) is 12.0. The van der Waals surface area contributed by atoms with Gasteiger partial charge in [-0.1, -0.05) is 11.6 Å². The van der Waals surface area contributed by atoms with Crippen molar-refractivity contribution < 1.29 is 19.4 Å². The molecule has 2 aromatic heterocycles. The van der Waals surface area contributed by atoms with Crippen LogP contribution in [0.2, 0.25) is 4.34 Å². The third kappa shape index (κ3) is 3.99. The van der Waals surface area contributed by atoms with Crippen molar-refractivity contribution in [3.05, 3.63) is 27.9 Å². The highest BCUT2D eigenvalue weighted by Gasteiger charge is 2.28. The number of ether oxygens (including phenoxy) is 1. The molecule has 6 nitrogen and oxygen atoms in total. The van der Waals surface area contributed by atoms with Crippen LogP contribution in [0.1, 0.15) is 41.7 Å². The molecule has 0 radical (unpaired) electrons. The zero-order chi connectivity index (χ0) is 18.0. The van der Waals surface area contributed by atoms with Crippen LogP contribution < -0.4 is 4.74 Å².